The van der Waals surface area contributed by atoms with E-state index in [4.69, 9.17) is 16.3 Å². The molecule has 3 nitrogen and oxygen atoms in total. The SMILES string of the molecule is CC1(C)C(C(Cl)c2ccc3c(c2)C(=O)NCCO3)C1(C)C. The Balaban J connectivity index is 1.93. The molecule has 0 aromatic heterocycles. The normalized spacial score (nSPS) is 24.3. The first-order chi connectivity index (χ1) is 9.76. The van der Waals surface area contributed by atoms with Gasteiger partial charge in [-0.3, -0.25) is 4.79 Å². The molecule has 1 N–H and O–H groups in total. The third-order valence-corrected chi connectivity index (χ3v) is 6.14. The van der Waals surface area contributed by atoms with Gasteiger partial charge < -0.3 is 10.1 Å². The molecule has 0 spiro atoms. The van der Waals surface area contributed by atoms with E-state index >= 15 is 0 Å². The molecule has 3 rings (SSSR count). The summed E-state index contributed by atoms with van der Waals surface area (Å²) in [5.74, 6) is 0.967. The summed E-state index contributed by atoms with van der Waals surface area (Å²) in [4.78, 5) is 12.1. The van der Waals surface area contributed by atoms with Crippen LogP contribution < -0.4 is 10.1 Å². The molecule has 1 unspecified atom stereocenters. The lowest BCUT2D eigenvalue weighted by Crippen LogP contribution is -2.24. The summed E-state index contributed by atoms with van der Waals surface area (Å²) in [6.45, 7) is 10.1. The molecule has 1 aliphatic carbocycles. The molecule has 0 saturated heterocycles. The van der Waals surface area contributed by atoms with E-state index in [-0.39, 0.29) is 22.1 Å². The first kappa shape index (κ1) is 14.7. The predicted octanol–water partition coefficient (Wildman–Crippen LogP) is 3.77. The number of halogens is 1. The van der Waals surface area contributed by atoms with Crippen molar-refractivity contribution in [2.24, 2.45) is 16.7 Å². The third kappa shape index (κ3) is 2.13. The molecule has 1 saturated carbocycles. The molecule has 1 aliphatic heterocycles. The molecule has 114 valence electrons. The van der Waals surface area contributed by atoms with E-state index in [0.717, 1.165) is 5.56 Å². The zero-order valence-electron chi connectivity index (χ0n) is 13.0. The summed E-state index contributed by atoms with van der Waals surface area (Å²) in [5, 5.41) is 2.75. The number of carbonyl (C=O) groups excluding carboxylic acids is 1. The minimum Gasteiger partial charge on any atom is -0.491 e. The van der Waals surface area contributed by atoms with E-state index in [1.165, 1.54) is 0 Å². The number of rotatable bonds is 2. The molecule has 1 amide bonds. The quantitative estimate of drug-likeness (QED) is 0.845. The van der Waals surface area contributed by atoms with Gasteiger partial charge in [0.05, 0.1) is 17.5 Å². The van der Waals surface area contributed by atoms with Crippen LogP contribution in [0.5, 0.6) is 5.75 Å². The van der Waals surface area contributed by atoms with Gasteiger partial charge in [0.25, 0.3) is 5.91 Å². The van der Waals surface area contributed by atoms with E-state index < -0.39 is 0 Å². The highest BCUT2D eigenvalue weighted by Gasteiger charge is 2.67. The molecule has 4 heteroatoms. The van der Waals surface area contributed by atoms with Crippen LogP contribution in [0.15, 0.2) is 18.2 Å². The number of nitrogens with one attached hydrogen (secondary N) is 1. The lowest BCUT2D eigenvalue weighted by atomic mass is 9.99. The molecule has 1 atom stereocenters. The second-order valence-electron chi connectivity index (χ2n) is 7.18. The van der Waals surface area contributed by atoms with Crippen molar-refractivity contribution in [1.82, 2.24) is 5.32 Å². The summed E-state index contributed by atoms with van der Waals surface area (Å²) in [7, 11) is 0. The fraction of sp³-hybridized carbons (Fsp3) is 0.588. The number of alkyl halides is 1. The van der Waals surface area contributed by atoms with Crippen molar-refractivity contribution in [3.8, 4) is 5.75 Å². The van der Waals surface area contributed by atoms with Crippen LogP contribution in [0.25, 0.3) is 0 Å². The fourth-order valence-electron chi connectivity index (χ4n) is 3.61. The van der Waals surface area contributed by atoms with Crippen LogP contribution in [0.1, 0.15) is 49.0 Å². The number of ether oxygens (including phenoxy) is 1. The maximum Gasteiger partial charge on any atom is 0.255 e. The average Bonchev–Trinajstić information content (AvgIpc) is 2.91. The number of carbonyl (C=O) groups is 1. The fourth-order valence-corrected chi connectivity index (χ4v) is 4.38. The first-order valence-electron chi connectivity index (χ1n) is 7.46. The van der Waals surface area contributed by atoms with E-state index in [1.807, 2.05) is 18.2 Å². The molecule has 1 heterocycles. The van der Waals surface area contributed by atoms with Crippen LogP contribution >= 0.6 is 11.6 Å². The Labute approximate surface area is 131 Å². The number of benzene rings is 1. The van der Waals surface area contributed by atoms with Crippen LogP contribution in [0.3, 0.4) is 0 Å². The second-order valence-corrected chi connectivity index (χ2v) is 7.65. The van der Waals surface area contributed by atoms with E-state index in [0.29, 0.717) is 30.4 Å². The monoisotopic (exact) mass is 307 g/mol. The van der Waals surface area contributed by atoms with Crippen molar-refractivity contribution < 1.29 is 9.53 Å². The highest BCUT2D eigenvalue weighted by molar-refractivity contribution is 6.21. The molecule has 21 heavy (non-hydrogen) atoms. The first-order valence-corrected chi connectivity index (χ1v) is 7.89. The summed E-state index contributed by atoms with van der Waals surface area (Å²) >= 11 is 6.73. The molecule has 1 aromatic rings. The maximum absolute atomic E-state index is 12.1. The number of fused-ring (bicyclic) bond motifs is 1. The second kappa shape index (κ2) is 4.64. The lowest BCUT2D eigenvalue weighted by Gasteiger charge is -2.14. The molecule has 2 aliphatic rings. The number of hydrogen-bond donors (Lipinski definition) is 1. The van der Waals surface area contributed by atoms with Crippen LogP contribution in [-0.4, -0.2) is 19.1 Å². The van der Waals surface area contributed by atoms with Gasteiger partial charge in [0.1, 0.15) is 12.4 Å². The van der Waals surface area contributed by atoms with Crippen molar-refractivity contribution in [2.75, 3.05) is 13.2 Å². The van der Waals surface area contributed by atoms with Crippen molar-refractivity contribution in [3.05, 3.63) is 29.3 Å². The summed E-state index contributed by atoms with van der Waals surface area (Å²) < 4.78 is 5.59. The highest BCUT2D eigenvalue weighted by Crippen LogP contribution is 2.73. The van der Waals surface area contributed by atoms with Gasteiger partial charge in [-0.25, -0.2) is 0 Å². The van der Waals surface area contributed by atoms with Gasteiger partial charge >= 0.3 is 0 Å². The van der Waals surface area contributed by atoms with E-state index in [2.05, 4.69) is 33.0 Å². The van der Waals surface area contributed by atoms with Crippen molar-refractivity contribution in [1.29, 1.82) is 0 Å². The number of amides is 1. The van der Waals surface area contributed by atoms with Gasteiger partial charge in [0, 0.05) is 0 Å². The smallest absolute Gasteiger partial charge is 0.255 e. The minimum atomic E-state index is -0.0867. The van der Waals surface area contributed by atoms with Crippen molar-refractivity contribution >= 4 is 17.5 Å². The van der Waals surface area contributed by atoms with Crippen LogP contribution in [0.4, 0.5) is 0 Å². The standard InChI is InChI=1S/C17H22ClNO2/c1-16(2)14(17(16,3)4)13(18)10-5-6-12-11(9-10)15(20)19-7-8-21-12/h5-6,9,13-14H,7-8H2,1-4H3,(H,19,20). The van der Waals surface area contributed by atoms with Crippen LogP contribution in [0.2, 0.25) is 0 Å². The Bertz CT molecular complexity index is 580. The highest BCUT2D eigenvalue weighted by atomic mass is 35.5. The van der Waals surface area contributed by atoms with Gasteiger partial charge in [-0.15, -0.1) is 11.6 Å². The van der Waals surface area contributed by atoms with Gasteiger partial charge in [-0.05, 0) is 34.4 Å². The molecule has 0 radical (unpaired) electrons. The average molecular weight is 308 g/mol. The summed E-state index contributed by atoms with van der Waals surface area (Å²) in [5.41, 5.74) is 2.02. The maximum atomic E-state index is 12.1. The largest absolute Gasteiger partial charge is 0.491 e. The van der Waals surface area contributed by atoms with Crippen molar-refractivity contribution in [3.63, 3.8) is 0 Å². The molecule has 1 aromatic carbocycles. The number of hydrogen-bond acceptors (Lipinski definition) is 2. The Morgan fingerprint density at radius 3 is 2.57 bits per heavy atom. The summed E-state index contributed by atoms with van der Waals surface area (Å²) in [6, 6.07) is 5.74. The Morgan fingerprint density at radius 2 is 1.95 bits per heavy atom. The Morgan fingerprint density at radius 1 is 1.29 bits per heavy atom. The third-order valence-electron chi connectivity index (χ3n) is 5.64. The topological polar surface area (TPSA) is 38.3 Å². The van der Waals surface area contributed by atoms with E-state index in [9.17, 15) is 4.79 Å². The predicted molar refractivity (Wildman–Crippen MR) is 83.9 cm³/mol. The summed E-state index contributed by atoms with van der Waals surface area (Å²) in [6.07, 6.45) is 0. The molecule has 1 fully saturated rings. The zero-order chi connectivity index (χ0) is 15.4. The van der Waals surface area contributed by atoms with Crippen LogP contribution in [-0.2, 0) is 0 Å². The van der Waals surface area contributed by atoms with E-state index in [1.54, 1.807) is 0 Å². The van der Waals surface area contributed by atoms with Gasteiger partial charge in [0.15, 0.2) is 0 Å². The Hall–Kier alpha value is -1.22. The molecular formula is C17H22ClNO2. The minimum absolute atomic E-state index is 0.0810. The molecule has 0 bridgehead atoms. The van der Waals surface area contributed by atoms with Gasteiger partial charge in [-0.1, -0.05) is 33.8 Å². The Kier molecular flexibility index (Phi) is 3.25. The lowest BCUT2D eigenvalue weighted by molar-refractivity contribution is 0.0957. The van der Waals surface area contributed by atoms with Crippen molar-refractivity contribution in [2.45, 2.75) is 33.1 Å². The van der Waals surface area contributed by atoms with Gasteiger partial charge in [0.2, 0.25) is 0 Å². The molecular weight excluding hydrogens is 286 g/mol. The van der Waals surface area contributed by atoms with Crippen LogP contribution in [0, 0.1) is 16.7 Å². The van der Waals surface area contributed by atoms with Gasteiger partial charge in [-0.2, -0.15) is 0 Å². The zero-order valence-corrected chi connectivity index (χ0v) is 13.8.